The Morgan fingerprint density at radius 3 is 2.50 bits per heavy atom. The third kappa shape index (κ3) is 3.68. The van der Waals surface area contributed by atoms with Gasteiger partial charge in [0.05, 0.1) is 7.11 Å². The summed E-state index contributed by atoms with van der Waals surface area (Å²) >= 11 is 2.07. The van der Waals surface area contributed by atoms with Crippen LogP contribution in [0.4, 0.5) is 0 Å². The first kappa shape index (κ1) is 15.7. The molecule has 1 saturated heterocycles. The van der Waals surface area contributed by atoms with Crippen LogP contribution in [0.2, 0.25) is 0 Å². The maximum atomic E-state index is 6.29. The Bertz CT molecular complexity index is 428. The predicted molar refractivity (Wildman–Crippen MR) is 87.5 cm³/mol. The molecule has 1 aromatic rings. The topological polar surface area (TPSA) is 38.5 Å². The van der Waals surface area contributed by atoms with Gasteiger partial charge in [-0.25, -0.2) is 0 Å². The Morgan fingerprint density at radius 2 is 1.95 bits per heavy atom. The highest BCUT2D eigenvalue weighted by molar-refractivity contribution is 8.00. The molecule has 112 valence electrons. The van der Waals surface area contributed by atoms with E-state index < -0.39 is 0 Å². The van der Waals surface area contributed by atoms with Crippen molar-refractivity contribution in [2.24, 2.45) is 5.73 Å². The molecule has 0 aromatic heterocycles. The van der Waals surface area contributed by atoms with Gasteiger partial charge in [-0.2, -0.15) is 11.8 Å². The lowest BCUT2D eigenvalue weighted by molar-refractivity contribution is 0.174. The first-order chi connectivity index (χ1) is 9.51. The number of ether oxygens (including phenoxy) is 1. The number of nitrogens with zero attached hydrogens (tertiary/aromatic N) is 1. The van der Waals surface area contributed by atoms with Crippen molar-refractivity contribution in [2.45, 2.75) is 43.4 Å². The molecule has 2 N–H and O–H groups in total. The standard InChI is InChI=1S/C16H26N2OS/c1-11-9-18(10-12(2)20-11)16(13(3)17)14-6-5-7-15(8-14)19-4/h5-8,11-13,16H,9-10,17H2,1-4H3. The average molecular weight is 294 g/mol. The predicted octanol–water partition coefficient (Wildman–Crippen LogP) is 2.91. The molecule has 4 unspecified atom stereocenters. The van der Waals surface area contributed by atoms with E-state index in [1.165, 1.54) is 5.56 Å². The SMILES string of the molecule is COc1cccc(C(C(C)N)N2CC(C)SC(C)C2)c1. The van der Waals surface area contributed by atoms with Gasteiger partial charge in [-0.1, -0.05) is 26.0 Å². The summed E-state index contributed by atoms with van der Waals surface area (Å²) in [6, 6.07) is 8.67. The van der Waals surface area contributed by atoms with Crippen LogP contribution in [0.25, 0.3) is 0 Å². The van der Waals surface area contributed by atoms with Gasteiger partial charge in [0, 0.05) is 35.7 Å². The average Bonchev–Trinajstić information content (AvgIpc) is 2.37. The lowest BCUT2D eigenvalue weighted by atomic mass is 9.98. The third-order valence-electron chi connectivity index (χ3n) is 3.77. The van der Waals surface area contributed by atoms with Crippen LogP contribution in [0, 0.1) is 0 Å². The molecule has 0 bridgehead atoms. The van der Waals surface area contributed by atoms with Crippen molar-refractivity contribution in [3.63, 3.8) is 0 Å². The molecule has 0 aliphatic carbocycles. The molecule has 1 heterocycles. The van der Waals surface area contributed by atoms with Crippen LogP contribution < -0.4 is 10.5 Å². The number of benzene rings is 1. The van der Waals surface area contributed by atoms with E-state index >= 15 is 0 Å². The van der Waals surface area contributed by atoms with E-state index in [4.69, 9.17) is 10.5 Å². The Kier molecular flexibility index (Phi) is 5.35. The fourth-order valence-electron chi connectivity index (χ4n) is 3.12. The molecule has 4 atom stereocenters. The summed E-state index contributed by atoms with van der Waals surface area (Å²) in [5.74, 6) is 0.903. The third-order valence-corrected chi connectivity index (χ3v) is 5.00. The minimum atomic E-state index is 0.101. The van der Waals surface area contributed by atoms with E-state index in [1.807, 2.05) is 6.07 Å². The van der Waals surface area contributed by atoms with Crippen molar-refractivity contribution >= 4 is 11.8 Å². The quantitative estimate of drug-likeness (QED) is 0.926. The van der Waals surface area contributed by atoms with E-state index in [2.05, 4.69) is 55.6 Å². The van der Waals surface area contributed by atoms with E-state index in [0.717, 1.165) is 18.8 Å². The zero-order valence-electron chi connectivity index (χ0n) is 12.9. The van der Waals surface area contributed by atoms with Gasteiger partial charge in [0.15, 0.2) is 0 Å². The summed E-state index contributed by atoms with van der Waals surface area (Å²) in [6.07, 6.45) is 0. The maximum absolute atomic E-state index is 6.29. The van der Waals surface area contributed by atoms with Crippen LogP contribution in [-0.2, 0) is 0 Å². The molecule has 4 heteroatoms. The van der Waals surface area contributed by atoms with Gasteiger partial charge in [0.25, 0.3) is 0 Å². The zero-order chi connectivity index (χ0) is 14.7. The van der Waals surface area contributed by atoms with Gasteiger partial charge in [0.1, 0.15) is 5.75 Å². The van der Waals surface area contributed by atoms with Crippen LogP contribution in [-0.4, -0.2) is 41.6 Å². The Morgan fingerprint density at radius 1 is 1.30 bits per heavy atom. The highest BCUT2D eigenvalue weighted by Gasteiger charge is 2.30. The van der Waals surface area contributed by atoms with E-state index in [-0.39, 0.29) is 12.1 Å². The summed E-state index contributed by atoms with van der Waals surface area (Å²) in [4.78, 5) is 2.53. The number of hydrogen-bond donors (Lipinski definition) is 1. The van der Waals surface area contributed by atoms with Gasteiger partial charge >= 0.3 is 0 Å². The maximum Gasteiger partial charge on any atom is 0.119 e. The molecule has 1 aliphatic rings. The van der Waals surface area contributed by atoms with Gasteiger partial charge < -0.3 is 10.5 Å². The number of nitrogens with two attached hydrogens (primary N) is 1. The summed E-state index contributed by atoms with van der Waals surface area (Å²) in [5, 5.41) is 1.32. The lowest BCUT2D eigenvalue weighted by Gasteiger charge is -2.41. The zero-order valence-corrected chi connectivity index (χ0v) is 13.7. The molecular weight excluding hydrogens is 268 g/mol. The highest BCUT2D eigenvalue weighted by atomic mass is 32.2. The van der Waals surface area contributed by atoms with Crippen molar-refractivity contribution in [1.82, 2.24) is 4.90 Å². The molecule has 0 radical (unpaired) electrons. The number of methoxy groups -OCH3 is 1. The summed E-state index contributed by atoms with van der Waals surface area (Å²) in [5.41, 5.74) is 7.55. The van der Waals surface area contributed by atoms with Crippen molar-refractivity contribution in [1.29, 1.82) is 0 Å². The first-order valence-electron chi connectivity index (χ1n) is 7.30. The monoisotopic (exact) mass is 294 g/mol. The lowest BCUT2D eigenvalue weighted by Crippen LogP contribution is -2.47. The van der Waals surface area contributed by atoms with Crippen LogP contribution in [0.15, 0.2) is 24.3 Å². The van der Waals surface area contributed by atoms with Crippen molar-refractivity contribution in [2.75, 3.05) is 20.2 Å². The Balaban J connectivity index is 2.25. The minimum Gasteiger partial charge on any atom is -0.497 e. The largest absolute Gasteiger partial charge is 0.497 e. The molecule has 0 saturated carbocycles. The van der Waals surface area contributed by atoms with E-state index in [1.54, 1.807) is 7.11 Å². The molecule has 0 amide bonds. The van der Waals surface area contributed by atoms with Gasteiger partial charge in [-0.15, -0.1) is 0 Å². The van der Waals surface area contributed by atoms with E-state index in [0.29, 0.717) is 10.5 Å². The molecule has 2 rings (SSSR count). The van der Waals surface area contributed by atoms with Gasteiger partial charge in [-0.3, -0.25) is 4.90 Å². The fraction of sp³-hybridized carbons (Fsp3) is 0.625. The van der Waals surface area contributed by atoms with Crippen molar-refractivity contribution < 1.29 is 4.74 Å². The Labute approximate surface area is 126 Å². The fourth-order valence-corrected chi connectivity index (χ4v) is 4.47. The normalized spacial score (nSPS) is 27.1. The number of rotatable bonds is 4. The second-order valence-electron chi connectivity index (χ2n) is 5.79. The van der Waals surface area contributed by atoms with Crippen LogP contribution >= 0.6 is 11.8 Å². The van der Waals surface area contributed by atoms with Crippen molar-refractivity contribution in [3.05, 3.63) is 29.8 Å². The summed E-state index contributed by atoms with van der Waals surface area (Å²) in [7, 11) is 1.71. The summed E-state index contributed by atoms with van der Waals surface area (Å²) in [6.45, 7) is 8.90. The molecular formula is C16H26N2OS. The number of thioether (sulfide) groups is 1. The molecule has 1 fully saturated rings. The van der Waals surface area contributed by atoms with Gasteiger partial charge in [0.2, 0.25) is 0 Å². The highest BCUT2D eigenvalue weighted by Crippen LogP contribution is 2.33. The van der Waals surface area contributed by atoms with E-state index in [9.17, 15) is 0 Å². The second kappa shape index (κ2) is 6.83. The summed E-state index contributed by atoms with van der Waals surface area (Å²) < 4.78 is 5.35. The van der Waals surface area contributed by atoms with Crippen LogP contribution in [0.5, 0.6) is 5.75 Å². The minimum absolute atomic E-state index is 0.101. The molecule has 20 heavy (non-hydrogen) atoms. The second-order valence-corrected chi connectivity index (χ2v) is 7.67. The Hall–Kier alpha value is -0.710. The number of hydrogen-bond acceptors (Lipinski definition) is 4. The molecule has 3 nitrogen and oxygen atoms in total. The van der Waals surface area contributed by atoms with Crippen LogP contribution in [0.1, 0.15) is 32.4 Å². The van der Waals surface area contributed by atoms with Crippen LogP contribution in [0.3, 0.4) is 0 Å². The smallest absolute Gasteiger partial charge is 0.119 e. The van der Waals surface area contributed by atoms with Gasteiger partial charge in [-0.05, 0) is 24.6 Å². The first-order valence-corrected chi connectivity index (χ1v) is 8.24. The van der Waals surface area contributed by atoms with Crippen molar-refractivity contribution in [3.8, 4) is 5.75 Å². The molecule has 1 aliphatic heterocycles. The molecule has 1 aromatic carbocycles. The molecule has 0 spiro atoms.